The molecule has 4 aliphatic rings. The van der Waals surface area contributed by atoms with E-state index in [4.69, 9.17) is 16.2 Å². The average Bonchev–Trinajstić information content (AvgIpc) is 3.51. The Balaban J connectivity index is 1.53. The minimum atomic E-state index is -0.583. The van der Waals surface area contributed by atoms with Crippen molar-refractivity contribution in [3.05, 3.63) is 64.6 Å². The van der Waals surface area contributed by atoms with Crippen LogP contribution >= 0.6 is 0 Å². The highest BCUT2D eigenvalue weighted by atomic mass is 16.5. The number of carbonyl (C=O) groups is 2. The minimum Gasteiger partial charge on any atom is -0.495 e. The van der Waals surface area contributed by atoms with Gasteiger partial charge in [0.2, 0.25) is 5.91 Å². The molecule has 0 radical (unpaired) electrons. The second-order valence-electron chi connectivity index (χ2n) is 7.85. The Morgan fingerprint density at radius 3 is 2.87 bits per heavy atom. The van der Waals surface area contributed by atoms with Gasteiger partial charge in [0.25, 0.3) is 5.91 Å². The molecule has 30 heavy (non-hydrogen) atoms. The number of carbonyl (C=O) groups excluding carboxylic acids is 2. The number of amides is 2. The van der Waals surface area contributed by atoms with Crippen molar-refractivity contribution in [1.82, 2.24) is 15.2 Å². The number of aliphatic imine (C=N–C) groups is 1. The summed E-state index contributed by atoms with van der Waals surface area (Å²) in [5.74, 6) is 0.0350. The first-order valence-corrected chi connectivity index (χ1v) is 9.95. The summed E-state index contributed by atoms with van der Waals surface area (Å²) >= 11 is 0. The lowest BCUT2D eigenvalue weighted by atomic mass is 10.0. The quantitative estimate of drug-likeness (QED) is 0.630. The van der Waals surface area contributed by atoms with E-state index in [1.807, 2.05) is 0 Å². The first kappa shape index (κ1) is 18.4. The number of ether oxygens (including phenoxy) is 1. The molecule has 9 heteroatoms. The highest BCUT2D eigenvalue weighted by Crippen LogP contribution is 2.39. The van der Waals surface area contributed by atoms with Gasteiger partial charge in [-0.3, -0.25) is 14.6 Å². The van der Waals surface area contributed by atoms with Gasteiger partial charge in [-0.2, -0.15) is 0 Å². The molecule has 0 saturated heterocycles. The summed E-state index contributed by atoms with van der Waals surface area (Å²) in [5.41, 5.74) is 15.7. The number of nitrogens with zero attached hydrogens (tertiary/aromatic N) is 3. The predicted octanol–water partition coefficient (Wildman–Crippen LogP) is 0.510. The molecule has 3 aliphatic heterocycles. The van der Waals surface area contributed by atoms with Crippen LogP contribution in [-0.2, 0) is 9.53 Å². The maximum Gasteiger partial charge on any atom is 0.267 e. The Bertz CT molecular complexity index is 1070. The van der Waals surface area contributed by atoms with Crippen molar-refractivity contribution in [1.29, 1.82) is 0 Å². The summed E-state index contributed by atoms with van der Waals surface area (Å²) in [7, 11) is 0. The molecule has 9 nitrogen and oxygen atoms in total. The molecular formula is C21H22N6O3. The van der Waals surface area contributed by atoms with E-state index in [1.54, 1.807) is 30.8 Å². The van der Waals surface area contributed by atoms with Gasteiger partial charge in [-0.1, -0.05) is 0 Å². The van der Waals surface area contributed by atoms with Crippen molar-refractivity contribution in [3.63, 3.8) is 0 Å². The van der Waals surface area contributed by atoms with Gasteiger partial charge in [0, 0.05) is 30.1 Å². The molecule has 1 aromatic rings. The molecule has 1 atom stereocenters. The van der Waals surface area contributed by atoms with Crippen molar-refractivity contribution in [2.24, 2.45) is 22.4 Å². The summed E-state index contributed by atoms with van der Waals surface area (Å²) in [6.45, 7) is 1.21. The number of nitrogens with two attached hydrogens (primary N) is 2. The van der Waals surface area contributed by atoms with Gasteiger partial charge in [-0.25, -0.2) is 4.99 Å². The number of aromatic nitrogens is 1. The number of primary amides is 2. The lowest BCUT2D eigenvalue weighted by Crippen LogP contribution is -2.43. The standard InChI is InChI=1S/C21H22N6O3/c22-19(28)15-7-12(3-5-24-15)21-25-8-14-16(26-17(20(23)29)11-1-2-11)10-30-9-13-4-6-27(21)18(13)14/h3,5,7-8,10-11,17,26H,1-2,4,6,9H2,(H2,22,28)(H2,23,29). The van der Waals surface area contributed by atoms with E-state index in [0.29, 0.717) is 12.3 Å². The summed E-state index contributed by atoms with van der Waals surface area (Å²) in [6.07, 6.45) is 7.79. The van der Waals surface area contributed by atoms with Crippen LogP contribution in [0.3, 0.4) is 0 Å². The maximum absolute atomic E-state index is 11.9. The normalized spacial score (nSPS) is 20.9. The van der Waals surface area contributed by atoms with Crippen molar-refractivity contribution >= 4 is 17.6 Å². The molecule has 0 aromatic carbocycles. The van der Waals surface area contributed by atoms with Crippen molar-refractivity contribution in [2.75, 3.05) is 13.2 Å². The highest BCUT2D eigenvalue weighted by Gasteiger charge is 2.39. The SMILES string of the molecule is NC(=O)c1cc(C2=NC=C3C(NC(C(N)=O)C4CC4)=COCC4=C3N2CC4)ccn1. The second-order valence-corrected chi connectivity index (χ2v) is 7.85. The molecule has 1 fully saturated rings. The van der Waals surface area contributed by atoms with Crippen LogP contribution in [0.2, 0.25) is 0 Å². The molecule has 1 aromatic heterocycles. The number of hydrogen-bond donors (Lipinski definition) is 3. The zero-order valence-corrected chi connectivity index (χ0v) is 16.3. The molecule has 2 amide bonds. The van der Waals surface area contributed by atoms with Gasteiger partial charge in [0.15, 0.2) is 0 Å². The molecule has 1 saturated carbocycles. The third-order valence-electron chi connectivity index (χ3n) is 5.80. The Hall–Kier alpha value is -3.62. The molecule has 0 bridgehead atoms. The summed E-state index contributed by atoms with van der Waals surface area (Å²) < 4.78 is 5.78. The van der Waals surface area contributed by atoms with Crippen molar-refractivity contribution in [3.8, 4) is 0 Å². The van der Waals surface area contributed by atoms with Crippen LogP contribution < -0.4 is 16.8 Å². The van der Waals surface area contributed by atoms with Gasteiger partial charge in [-0.05, 0) is 42.9 Å². The molecule has 154 valence electrons. The molecule has 5 N–H and O–H groups in total. The summed E-state index contributed by atoms with van der Waals surface area (Å²) in [5, 5.41) is 3.30. The maximum atomic E-state index is 11.9. The first-order chi connectivity index (χ1) is 14.5. The smallest absolute Gasteiger partial charge is 0.267 e. The van der Waals surface area contributed by atoms with Crippen LogP contribution in [0.15, 0.2) is 58.3 Å². The van der Waals surface area contributed by atoms with E-state index < -0.39 is 11.9 Å². The van der Waals surface area contributed by atoms with E-state index in [2.05, 4.69) is 20.2 Å². The van der Waals surface area contributed by atoms with Gasteiger partial charge >= 0.3 is 0 Å². The van der Waals surface area contributed by atoms with Crippen LogP contribution in [0, 0.1) is 5.92 Å². The van der Waals surface area contributed by atoms with E-state index in [-0.39, 0.29) is 17.5 Å². The zero-order valence-electron chi connectivity index (χ0n) is 16.3. The van der Waals surface area contributed by atoms with E-state index in [0.717, 1.165) is 54.0 Å². The Kier molecular flexibility index (Phi) is 4.30. The number of pyridine rings is 1. The first-order valence-electron chi connectivity index (χ1n) is 9.95. The molecule has 1 aliphatic carbocycles. The lowest BCUT2D eigenvalue weighted by molar-refractivity contribution is -0.120. The van der Waals surface area contributed by atoms with Gasteiger partial charge < -0.3 is 26.4 Å². The summed E-state index contributed by atoms with van der Waals surface area (Å²) in [6, 6.07) is 3.03. The van der Waals surface area contributed by atoms with Gasteiger partial charge in [0.1, 0.15) is 30.4 Å². The Morgan fingerprint density at radius 1 is 1.30 bits per heavy atom. The van der Waals surface area contributed by atoms with Crippen LogP contribution in [0.5, 0.6) is 0 Å². The van der Waals surface area contributed by atoms with Crippen LogP contribution in [-0.4, -0.2) is 46.7 Å². The second kappa shape index (κ2) is 7.01. The fraction of sp³-hybridized carbons (Fsp3) is 0.333. The molecular weight excluding hydrogens is 384 g/mol. The van der Waals surface area contributed by atoms with Crippen LogP contribution in [0.25, 0.3) is 0 Å². The molecule has 4 heterocycles. The van der Waals surface area contributed by atoms with E-state index >= 15 is 0 Å². The average molecular weight is 406 g/mol. The van der Waals surface area contributed by atoms with Crippen LogP contribution in [0.1, 0.15) is 35.3 Å². The summed E-state index contributed by atoms with van der Waals surface area (Å²) in [4.78, 5) is 34.3. The van der Waals surface area contributed by atoms with Crippen LogP contribution in [0.4, 0.5) is 0 Å². The van der Waals surface area contributed by atoms with E-state index in [9.17, 15) is 9.59 Å². The minimum absolute atomic E-state index is 0.193. The molecule has 0 spiro atoms. The Labute approximate surface area is 173 Å². The predicted molar refractivity (Wildman–Crippen MR) is 109 cm³/mol. The number of rotatable bonds is 6. The molecule has 5 rings (SSSR count). The monoisotopic (exact) mass is 406 g/mol. The van der Waals surface area contributed by atoms with Crippen molar-refractivity contribution in [2.45, 2.75) is 25.3 Å². The fourth-order valence-electron chi connectivity index (χ4n) is 4.16. The third-order valence-corrected chi connectivity index (χ3v) is 5.80. The highest BCUT2D eigenvalue weighted by molar-refractivity contribution is 6.03. The number of hydrogen-bond acceptors (Lipinski definition) is 7. The van der Waals surface area contributed by atoms with E-state index in [1.165, 1.54) is 0 Å². The zero-order chi connectivity index (χ0) is 20.8. The van der Waals surface area contributed by atoms with Gasteiger partial charge in [0.05, 0.1) is 11.4 Å². The lowest BCUT2D eigenvalue weighted by Gasteiger charge is -2.30. The number of amidine groups is 1. The number of nitrogens with one attached hydrogen (secondary N) is 1. The third kappa shape index (κ3) is 3.12. The largest absolute Gasteiger partial charge is 0.495 e. The Morgan fingerprint density at radius 2 is 2.13 bits per heavy atom. The van der Waals surface area contributed by atoms with Crippen molar-refractivity contribution < 1.29 is 14.3 Å². The van der Waals surface area contributed by atoms with Gasteiger partial charge in [-0.15, -0.1) is 0 Å². The molecule has 1 unspecified atom stereocenters. The topological polar surface area (TPSA) is 136 Å². The fourth-order valence-corrected chi connectivity index (χ4v) is 4.16.